The van der Waals surface area contributed by atoms with E-state index >= 15 is 0 Å². The molecule has 1 saturated heterocycles. The molecule has 4 aromatic rings. The lowest BCUT2D eigenvalue weighted by atomic mass is 10.1. The Morgan fingerprint density at radius 1 is 0.933 bits per heavy atom. The van der Waals surface area contributed by atoms with Crippen molar-refractivity contribution in [3.05, 3.63) is 101 Å². The fourth-order valence-electron chi connectivity index (χ4n) is 4.66. The SMILES string of the molecule is COc1ccc(C(=O)COC(=O)c2ccc(N3C(=O)CC(Sc4nc(-c5ccc(C)cc5)ccc4C#N)C3=O)cc2)cc1OC. The van der Waals surface area contributed by atoms with Gasteiger partial charge in [-0.2, -0.15) is 5.26 Å². The molecule has 0 bridgehead atoms. The molecule has 0 aliphatic carbocycles. The number of Topliss-reactive ketones (excluding diaryl/α,β-unsaturated/α-hetero) is 1. The Morgan fingerprint density at radius 2 is 1.62 bits per heavy atom. The van der Waals surface area contributed by atoms with Crippen LogP contribution in [0.1, 0.15) is 38.3 Å². The van der Waals surface area contributed by atoms with Gasteiger partial charge in [-0.25, -0.2) is 14.7 Å². The van der Waals surface area contributed by atoms with Gasteiger partial charge < -0.3 is 14.2 Å². The van der Waals surface area contributed by atoms with Gasteiger partial charge in [0.25, 0.3) is 0 Å². The molecular weight excluding hydrogens is 594 g/mol. The van der Waals surface area contributed by atoms with Gasteiger partial charge in [0, 0.05) is 17.5 Å². The summed E-state index contributed by atoms with van der Waals surface area (Å²) >= 11 is 1.08. The highest BCUT2D eigenvalue weighted by atomic mass is 32.2. The molecule has 1 aliphatic heterocycles. The normalized spacial score (nSPS) is 14.2. The zero-order chi connectivity index (χ0) is 32.1. The van der Waals surface area contributed by atoms with E-state index in [1.54, 1.807) is 24.3 Å². The van der Waals surface area contributed by atoms with Crippen LogP contribution in [-0.2, 0) is 14.3 Å². The predicted octanol–water partition coefficient (Wildman–Crippen LogP) is 5.41. The van der Waals surface area contributed by atoms with Crippen molar-refractivity contribution in [3.63, 3.8) is 0 Å². The van der Waals surface area contributed by atoms with E-state index in [0.717, 1.165) is 27.8 Å². The first-order valence-electron chi connectivity index (χ1n) is 13.8. The number of hydrogen-bond donors (Lipinski definition) is 0. The number of carbonyl (C=O) groups is 4. The van der Waals surface area contributed by atoms with E-state index in [0.29, 0.717) is 27.8 Å². The number of hydrogen-bond acceptors (Lipinski definition) is 10. The van der Waals surface area contributed by atoms with Crippen molar-refractivity contribution in [1.29, 1.82) is 5.26 Å². The van der Waals surface area contributed by atoms with Gasteiger partial charge in [-0.1, -0.05) is 41.6 Å². The molecule has 11 heteroatoms. The Balaban J connectivity index is 1.24. The summed E-state index contributed by atoms with van der Waals surface area (Å²) in [6.45, 7) is 1.48. The number of pyridine rings is 1. The summed E-state index contributed by atoms with van der Waals surface area (Å²) in [5.74, 6) is -1.22. The van der Waals surface area contributed by atoms with Crippen molar-refractivity contribution in [3.8, 4) is 28.8 Å². The molecule has 5 rings (SSSR count). The number of imide groups is 1. The number of thioether (sulfide) groups is 1. The number of amides is 2. The molecule has 10 nitrogen and oxygen atoms in total. The first-order chi connectivity index (χ1) is 21.7. The molecule has 3 aromatic carbocycles. The molecule has 1 unspecified atom stereocenters. The standard InChI is InChI=1S/C34H27N3O7S/c1-20-4-6-21(7-5-20)26-14-10-24(18-35)32(36-26)45-30-17-31(39)37(33(30)40)25-12-8-22(9-13-25)34(41)44-19-27(38)23-11-15-28(42-2)29(16-23)43-3/h4-16,30H,17,19H2,1-3H3. The minimum atomic E-state index is -0.780. The molecule has 0 saturated carbocycles. The van der Waals surface area contributed by atoms with E-state index in [1.807, 2.05) is 31.2 Å². The molecule has 0 spiro atoms. The summed E-state index contributed by atoms with van der Waals surface area (Å²) in [6.07, 6.45) is -0.0765. The third kappa shape index (κ3) is 6.71. The predicted molar refractivity (Wildman–Crippen MR) is 166 cm³/mol. The quantitative estimate of drug-likeness (QED) is 0.128. The molecule has 45 heavy (non-hydrogen) atoms. The van der Waals surface area contributed by atoms with Gasteiger partial charge in [0.1, 0.15) is 11.1 Å². The average Bonchev–Trinajstić information content (AvgIpc) is 3.34. The van der Waals surface area contributed by atoms with Crippen LogP contribution in [0.25, 0.3) is 11.3 Å². The smallest absolute Gasteiger partial charge is 0.338 e. The van der Waals surface area contributed by atoms with E-state index in [-0.39, 0.29) is 23.2 Å². The van der Waals surface area contributed by atoms with Crippen LogP contribution in [0.4, 0.5) is 5.69 Å². The Labute approximate surface area is 263 Å². The molecule has 2 amide bonds. The van der Waals surface area contributed by atoms with Crippen LogP contribution in [0.2, 0.25) is 0 Å². The number of anilines is 1. The second-order valence-electron chi connectivity index (χ2n) is 10.0. The molecule has 0 radical (unpaired) electrons. The number of aryl methyl sites for hydroxylation is 1. The van der Waals surface area contributed by atoms with E-state index < -0.39 is 35.4 Å². The fraction of sp³-hybridized carbons (Fsp3) is 0.176. The van der Waals surface area contributed by atoms with Crippen molar-refractivity contribution in [2.24, 2.45) is 0 Å². The highest BCUT2D eigenvalue weighted by Crippen LogP contribution is 2.36. The van der Waals surface area contributed by atoms with E-state index in [9.17, 15) is 24.4 Å². The number of methoxy groups -OCH3 is 2. The van der Waals surface area contributed by atoms with Gasteiger partial charge in [-0.15, -0.1) is 0 Å². The maximum atomic E-state index is 13.4. The fourth-order valence-corrected chi connectivity index (χ4v) is 5.75. The van der Waals surface area contributed by atoms with E-state index in [4.69, 9.17) is 14.2 Å². The summed E-state index contributed by atoms with van der Waals surface area (Å²) in [7, 11) is 2.93. The maximum absolute atomic E-state index is 13.4. The van der Waals surface area contributed by atoms with Crippen molar-refractivity contribution < 1.29 is 33.4 Å². The second kappa shape index (κ2) is 13.4. The highest BCUT2D eigenvalue weighted by molar-refractivity contribution is 8.00. The number of esters is 1. The Hall–Kier alpha value is -5.47. The molecule has 0 N–H and O–H groups in total. The number of aromatic nitrogens is 1. The first kappa shape index (κ1) is 31.0. The number of ketones is 1. The number of nitrogens with zero attached hydrogens (tertiary/aromatic N) is 3. The van der Waals surface area contributed by atoms with Crippen molar-refractivity contribution in [1.82, 2.24) is 4.98 Å². The number of carbonyl (C=O) groups excluding carboxylic acids is 4. The van der Waals surface area contributed by atoms with Gasteiger partial charge >= 0.3 is 5.97 Å². The summed E-state index contributed by atoms with van der Waals surface area (Å²) < 4.78 is 15.6. The summed E-state index contributed by atoms with van der Waals surface area (Å²) in [5, 5.41) is 9.23. The van der Waals surface area contributed by atoms with Crippen molar-refractivity contribution in [2.45, 2.75) is 23.6 Å². The zero-order valence-corrected chi connectivity index (χ0v) is 25.4. The molecule has 1 fully saturated rings. The van der Waals surface area contributed by atoms with Crippen molar-refractivity contribution >= 4 is 41.0 Å². The summed E-state index contributed by atoms with van der Waals surface area (Å²) in [5.41, 5.74) is 3.63. The molecule has 1 atom stereocenters. The topological polar surface area (TPSA) is 136 Å². The van der Waals surface area contributed by atoms with Crippen LogP contribution in [0.15, 0.2) is 83.9 Å². The van der Waals surface area contributed by atoms with Crippen LogP contribution in [0.3, 0.4) is 0 Å². The van der Waals surface area contributed by atoms with Gasteiger partial charge in [-0.3, -0.25) is 14.4 Å². The Bertz CT molecular complexity index is 1830. The van der Waals surface area contributed by atoms with Crippen molar-refractivity contribution in [2.75, 3.05) is 25.7 Å². The lowest BCUT2D eigenvalue weighted by Crippen LogP contribution is -2.31. The lowest BCUT2D eigenvalue weighted by Gasteiger charge is -2.15. The minimum Gasteiger partial charge on any atom is -0.493 e. The van der Waals surface area contributed by atoms with Crippen LogP contribution >= 0.6 is 11.8 Å². The zero-order valence-electron chi connectivity index (χ0n) is 24.6. The van der Waals surface area contributed by atoms with Crippen LogP contribution in [0.5, 0.6) is 11.5 Å². The molecule has 1 aliphatic rings. The summed E-state index contributed by atoms with van der Waals surface area (Å²) in [4.78, 5) is 57.2. The second-order valence-corrected chi connectivity index (χ2v) is 11.2. The van der Waals surface area contributed by atoms with Crippen LogP contribution in [0, 0.1) is 18.3 Å². The van der Waals surface area contributed by atoms with Gasteiger partial charge in [0.05, 0.1) is 42.0 Å². The van der Waals surface area contributed by atoms with E-state index in [1.165, 1.54) is 44.6 Å². The Kier molecular flexibility index (Phi) is 9.25. The third-order valence-corrected chi connectivity index (χ3v) is 8.28. The molecular formula is C34H27N3O7S. The number of rotatable bonds is 10. The molecule has 2 heterocycles. The average molecular weight is 622 g/mol. The minimum absolute atomic E-state index is 0.0765. The van der Waals surface area contributed by atoms with Gasteiger partial charge in [-0.05, 0) is 61.5 Å². The first-order valence-corrected chi connectivity index (χ1v) is 14.6. The third-order valence-electron chi connectivity index (χ3n) is 7.09. The number of ether oxygens (including phenoxy) is 3. The van der Waals surface area contributed by atoms with Crippen LogP contribution in [-0.4, -0.2) is 54.6 Å². The Morgan fingerprint density at radius 3 is 2.29 bits per heavy atom. The largest absolute Gasteiger partial charge is 0.493 e. The van der Waals surface area contributed by atoms with E-state index in [2.05, 4.69) is 11.1 Å². The summed E-state index contributed by atoms with van der Waals surface area (Å²) in [6, 6.07) is 23.7. The molecule has 1 aromatic heterocycles. The van der Waals surface area contributed by atoms with Crippen LogP contribution < -0.4 is 14.4 Å². The highest BCUT2D eigenvalue weighted by Gasteiger charge is 2.41. The monoisotopic (exact) mass is 621 g/mol. The maximum Gasteiger partial charge on any atom is 0.338 e. The number of nitriles is 1. The van der Waals surface area contributed by atoms with Gasteiger partial charge in [0.2, 0.25) is 11.8 Å². The molecule has 226 valence electrons. The number of benzene rings is 3. The van der Waals surface area contributed by atoms with Gasteiger partial charge in [0.15, 0.2) is 23.9 Å². The lowest BCUT2D eigenvalue weighted by molar-refractivity contribution is -0.121.